The SMILES string of the molecule is CC.N#Cc1c(N)nc(-c2c(O)cccc2F)nc1C1CCCNC1.N#Cc1c(N)nc(-c2cc(O)ccc2O)nc1C1CCCNC1. The Morgan fingerprint density at radius 3 is 1.81 bits per heavy atom. The third-order valence-corrected chi connectivity index (χ3v) is 7.96. The fourth-order valence-corrected chi connectivity index (χ4v) is 5.65. The van der Waals surface area contributed by atoms with E-state index in [4.69, 9.17) is 11.5 Å². The van der Waals surface area contributed by atoms with Gasteiger partial charge in [-0.1, -0.05) is 19.9 Å². The van der Waals surface area contributed by atoms with E-state index in [1.165, 1.54) is 36.4 Å². The summed E-state index contributed by atoms with van der Waals surface area (Å²) in [4.78, 5) is 17.0. The molecule has 0 radical (unpaired) electrons. The van der Waals surface area contributed by atoms with Crippen LogP contribution in [0.4, 0.5) is 16.0 Å². The molecule has 0 spiro atoms. The van der Waals surface area contributed by atoms with Gasteiger partial charge in [-0.05, 0) is 69.1 Å². The molecule has 2 aliphatic heterocycles. The first-order valence-corrected chi connectivity index (χ1v) is 15.8. The van der Waals surface area contributed by atoms with E-state index in [9.17, 15) is 30.2 Å². The molecule has 13 nitrogen and oxygen atoms in total. The van der Waals surface area contributed by atoms with E-state index in [1.807, 2.05) is 19.9 Å². The highest BCUT2D eigenvalue weighted by Gasteiger charge is 2.26. The molecule has 2 saturated heterocycles. The molecule has 2 atom stereocenters. The number of nitriles is 2. The predicted molar refractivity (Wildman–Crippen MR) is 179 cm³/mol. The number of aromatic hydroxyl groups is 3. The molecule has 4 aromatic rings. The molecule has 2 aliphatic rings. The highest BCUT2D eigenvalue weighted by atomic mass is 19.1. The molecule has 0 bridgehead atoms. The maximum absolute atomic E-state index is 14.1. The van der Waals surface area contributed by atoms with Crippen LogP contribution in [-0.2, 0) is 0 Å². The van der Waals surface area contributed by atoms with Crippen LogP contribution in [-0.4, -0.2) is 61.4 Å². The Bertz CT molecular complexity index is 1810. The summed E-state index contributed by atoms with van der Waals surface area (Å²) in [6, 6.07) is 12.2. The average Bonchev–Trinajstić information content (AvgIpc) is 3.10. The molecular weight excluding hydrogens is 615 g/mol. The van der Waals surface area contributed by atoms with Gasteiger partial charge in [0.1, 0.15) is 58.0 Å². The minimum absolute atomic E-state index is 0.000673. The van der Waals surface area contributed by atoms with Gasteiger partial charge in [-0.25, -0.2) is 24.3 Å². The van der Waals surface area contributed by atoms with Gasteiger partial charge < -0.3 is 37.4 Å². The minimum Gasteiger partial charge on any atom is -0.508 e. The standard InChI is InChI=1S/C16H16FN5O.C16H17N5O2.C2H6/c17-11-4-1-5-12(23)13(11)16-21-14(9-3-2-6-20-8-9)10(7-18)15(19)22-16;17-7-12-14(9-2-1-5-19-8-9)20-16(21-15(12)18)11-6-10(22)3-4-13(11)23;1-2/h1,4-5,9,20,23H,2-3,6,8H2,(H2,19,21,22);3-4,6,9,19,22-23H,1-2,5,8H2,(H2,18,20,21);1-2H3. The number of halogens is 1. The zero-order valence-electron chi connectivity index (χ0n) is 26.8. The Balaban J connectivity index is 0.000000206. The molecule has 250 valence electrons. The van der Waals surface area contributed by atoms with Crippen molar-refractivity contribution in [1.82, 2.24) is 30.6 Å². The van der Waals surface area contributed by atoms with Crippen molar-refractivity contribution in [1.29, 1.82) is 10.5 Å². The van der Waals surface area contributed by atoms with Crippen molar-refractivity contribution in [3.8, 4) is 52.2 Å². The van der Waals surface area contributed by atoms with Crippen LogP contribution in [0.25, 0.3) is 22.8 Å². The van der Waals surface area contributed by atoms with Gasteiger partial charge in [0.15, 0.2) is 11.6 Å². The van der Waals surface area contributed by atoms with Gasteiger partial charge in [0.2, 0.25) is 0 Å². The van der Waals surface area contributed by atoms with Crippen molar-refractivity contribution in [2.75, 3.05) is 37.6 Å². The zero-order chi connectivity index (χ0) is 34.8. The number of rotatable bonds is 4. The van der Waals surface area contributed by atoms with Crippen LogP contribution in [0.1, 0.15) is 73.9 Å². The number of anilines is 2. The first-order chi connectivity index (χ1) is 23.2. The van der Waals surface area contributed by atoms with Crippen LogP contribution >= 0.6 is 0 Å². The Kier molecular flexibility index (Phi) is 12.0. The minimum atomic E-state index is -0.637. The van der Waals surface area contributed by atoms with Gasteiger partial charge in [-0.2, -0.15) is 10.5 Å². The predicted octanol–water partition coefficient (Wildman–Crippen LogP) is 4.41. The number of benzene rings is 2. The maximum Gasteiger partial charge on any atom is 0.168 e. The summed E-state index contributed by atoms with van der Waals surface area (Å²) in [7, 11) is 0. The number of nitrogens with one attached hydrogen (secondary N) is 2. The monoisotopic (exact) mass is 654 g/mol. The smallest absolute Gasteiger partial charge is 0.168 e. The molecular formula is C34H39FN10O3. The average molecular weight is 655 g/mol. The van der Waals surface area contributed by atoms with Crippen molar-refractivity contribution < 1.29 is 19.7 Å². The molecule has 2 aromatic heterocycles. The number of nitrogens with zero attached hydrogens (tertiary/aromatic N) is 6. The van der Waals surface area contributed by atoms with E-state index in [0.29, 0.717) is 17.9 Å². The molecule has 4 heterocycles. The number of phenolic OH excluding ortho intramolecular Hbond substituents is 3. The van der Waals surface area contributed by atoms with E-state index in [0.717, 1.165) is 45.3 Å². The lowest BCUT2D eigenvalue weighted by Gasteiger charge is -2.23. The summed E-state index contributed by atoms with van der Waals surface area (Å²) in [5, 5.41) is 54.8. The Morgan fingerprint density at radius 1 is 0.771 bits per heavy atom. The van der Waals surface area contributed by atoms with Crippen LogP contribution in [0.2, 0.25) is 0 Å². The molecule has 0 saturated carbocycles. The number of nitrogens with two attached hydrogens (primary N) is 2. The second-order valence-electron chi connectivity index (χ2n) is 11.0. The third-order valence-electron chi connectivity index (χ3n) is 7.96. The quantitative estimate of drug-likeness (QED) is 0.151. The zero-order valence-corrected chi connectivity index (χ0v) is 26.8. The summed E-state index contributed by atoms with van der Waals surface area (Å²) in [6.07, 6.45) is 3.72. The van der Waals surface area contributed by atoms with Crippen molar-refractivity contribution in [3.05, 3.63) is 64.7 Å². The van der Waals surface area contributed by atoms with Crippen molar-refractivity contribution in [2.45, 2.75) is 51.4 Å². The molecule has 9 N–H and O–H groups in total. The molecule has 0 aliphatic carbocycles. The first kappa shape index (κ1) is 35.3. The molecule has 6 rings (SSSR count). The van der Waals surface area contributed by atoms with Gasteiger partial charge in [0, 0.05) is 24.9 Å². The number of phenols is 3. The van der Waals surface area contributed by atoms with Gasteiger partial charge in [-0.15, -0.1) is 0 Å². The highest BCUT2D eigenvalue weighted by molar-refractivity contribution is 5.69. The Morgan fingerprint density at radius 2 is 1.31 bits per heavy atom. The van der Waals surface area contributed by atoms with Crippen LogP contribution in [0, 0.1) is 28.5 Å². The van der Waals surface area contributed by atoms with Gasteiger partial charge in [0.25, 0.3) is 0 Å². The van der Waals surface area contributed by atoms with E-state index in [1.54, 1.807) is 0 Å². The maximum atomic E-state index is 14.1. The summed E-state index contributed by atoms with van der Waals surface area (Å²) in [5.74, 6) is -0.596. The molecule has 2 unspecified atom stereocenters. The lowest BCUT2D eigenvalue weighted by Crippen LogP contribution is -2.29. The molecule has 14 heteroatoms. The Labute approximate surface area is 278 Å². The summed E-state index contributed by atoms with van der Waals surface area (Å²) in [6.45, 7) is 7.25. The fourth-order valence-electron chi connectivity index (χ4n) is 5.65. The fraction of sp³-hybridized carbons (Fsp3) is 0.353. The lowest BCUT2D eigenvalue weighted by atomic mass is 9.93. The van der Waals surface area contributed by atoms with Crippen LogP contribution in [0.3, 0.4) is 0 Å². The van der Waals surface area contributed by atoms with Gasteiger partial charge in [-0.3, -0.25) is 0 Å². The Hall–Kier alpha value is -5.57. The molecule has 48 heavy (non-hydrogen) atoms. The van der Waals surface area contributed by atoms with Crippen molar-refractivity contribution in [2.24, 2.45) is 0 Å². The number of piperidine rings is 2. The van der Waals surface area contributed by atoms with Gasteiger partial charge >= 0.3 is 0 Å². The number of hydrogen-bond acceptors (Lipinski definition) is 13. The summed E-state index contributed by atoms with van der Waals surface area (Å²) < 4.78 is 14.1. The molecule has 2 fully saturated rings. The van der Waals surface area contributed by atoms with E-state index in [2.05, 4.69) is 36.6 Å². The number of aromatic nitrogens is 4. The lowest BCUT2D eigenvalue weighted by molar-refractivity contribution is 0.453. The first-order valence-electron chi connectivity index (χ1n) is 15.8. The summed E-state index contributed by atoms with van der Waals surface area (Å²) in [5.41, 5.74) is 13.6. The second-order valence-corrected chi connectivity index (χ2v) is 11.0. The molecule has 2 aromatic carbocycles. The van der Waals surface area contributed by atoms with Crippen molar-refractivity contribution >= 4 is 11.6 Å². The van der Waals surface area contributed by atoms with Gasteiger partial charge in [0.05, 0.1) is 22.5 Å². The highest BCUT2D eigenvalue weighted by Crippen LogP contribution is 2.35. The third kappa shape index (κ3) is 7.86. The number of nitrogen functional groups attached to an aromatic ring is 2. The summed E-state index contributed by atoms with van der Waals surface area (Å²) >= 11 is 0. The van der Waals surface area contributed by atoms with E-state index < -0.39 is 5.82 Å². The van der Waals surface area contributed by atoms with E-state index in [-0.39, 0.29) is 74.6 Å². The van der Waals surface area contributed by atoms with Crippen molar-refractivity contribution in [3.63, 3.8) is 0 Å². The largest absolute Gasteiger partial charge is 0.508 e. The van der Waals surface area contributed by atoms with Crippen LogP contribution < -0.4 is 22.1 Å². The normalized spacial score (nSPS) is 17.0. The van der Waals surface area contributed by atoms with Crippen LogP contribution in [0.5, 0.6) is 17.2 Å². The second kappa shape index (κ2) is 16.3. The topological polar surface area (TPSA) is 236 Å². The number of hydrogen-bond donors (Lipinski definition) is 7. The van der Waals surface area contributed by atoms with Crippen LogP contribution in [0.15, 0.2) is 36.4 Å². The van der Waals surface area contributed by atoms with E-state index >= 15 is 0 Å². The molecule has 0 amide bonds.